The molecule has 4 nitrogen and oxygen atoms in total. The third-order valence-electron chi connectivity index (χ3n) is 2.98. The predicted molar refractivity (Wildman–Crippen MR) is 69.1 cm³/mol. The Kier molecular flexibility index (Phi) is 3.34. The maximum Gasteiger partial charge on any atom is 0.407 e. The highest BCUT2D eigenvalue weighted by Crippen LogP contribution is 2.44. The minimum atomic E-state index is -0.523. The number of aromatic hydroxyl groups is 1. The molecule has 1 aliphatic heterocycles. The van der Waals surface area contributed by atoms with Gasteiger partial charge in [0.1, 0.15) is 12.4 Å². The van der Waals surface area contributed by atoms with Gasteiger partial charge in [-0.1, -0.05) is 37.0 Å². The van der Waals surface area contributed by atoms with Crippen molar-refractivity contribution >= 4 is 29.3 Å². The maximum atomic E-state index is 11.3. The van der Waals surface area contributed by atoms with Gasteiger partial charge >= 0.3 is 6.09 Å². The first kappa shape index (κ1) is 13.3. The summed E-state index contributed by atoms with van der Waals surface area (Å²) in [7, 11) is 0. The number of alkyl carbamates (subject to hydrolysis) is 1. The van der Waals surface area contributed by atoms with E-state index in [1.807, 2.05) is 13.8 Å². The smallest absolute Gasteiger partial charge is 0.407 e. The van der Waals surface area contributed by atoms with Gasteiger partial charge in [-0.15, -0.1) is 0 Å². The van der Waals surface area contributed by atoms with Crippen LogP contribution >= 0.6 is 23.2 Å². The molecule has 1 aromatic carbocycles. The Morgan fingerprint density at radius 3 is 2.72 bits per heavy atom. The summed E-state index contributed by atoms with van der Waals surface area (Å²) in [5.74, 6) is -0.0345. The topological polar surface area (TPSA) is 58.6 Å². The lowest BCUT2D eigenvalue weighted by Crippen LogP contribution is -2.47. The zero-order valence-electron chi connectivity index (χ0n) is 9.96. The van der Waals surface area contributed by atoms with Gasteiger partial charge in [0.05, 0.1) is 11.1 Å². The first-order chi connectivity index (χ1) is 8.31. The molecule has 18 heavy (non-hydrogen) atoms. The van der Waals surface area contributed by atoms with Gasteiger partial charge in [-0.2, -0.15) is 0 Å². The van der Waals surface area contributed by atoms with Crippen LogP contribution in [-0.4, -0.2) is 17.8 Å². The number of hydrogen-bond acceptors (Lipinski definition) is 3. The van der Waals surface area contributed by atoms with Crippen molar-refractivity contribution in [3.05, 3.63) is 27.7 Å². The summed E-state index contributed by atoms with van der Waals surface area (Å²) in [6, 6.07) is 2.51. The number of hydrogen-bond donors (Lipinski definition) is 2. The molecule has 2 rings (SSSR count). The number of phenols is 1. The first-order valence-electron chi connectivity index (χ1n) is 5.42. The van der Waals surface area contributed by atoms with Gasteiger partial charge in [0.15, 0.2) is 0 Å². The van der Waals surface area contributed by atoms with Gasteiger partial charge in [0.2, 0.25) is 0 Å². The van der Waals surface area contributed by atoms with Gasteiger partial charge in [0.25, 0.3) is 0 Å². The van der Waals surface area contributed by atoms with Crippen molar-refractivity contribution in [2.75, 3.05) is 6.61 Å². The molecule has 0 unspecified atom stereocenters. The van der Waals surface area contributed by atoms with Crippen LogP contribution in [0.3, 0.4) is 0 Å². The molecule has 0 aromatic heterocycles. The van der Waals surface area contributed by atoms with E-state index in [2.05, 4.69) is 5.32 Å². The number of carbonyl (C=O) groups excluding carboxylic acids is 1. The van der Waals surface area contributed by atoms with Crippen LogP contribution in [0.4, 0.5) is 4.79 Å². The molecule has 0 bridgehead atoms. The summed E-state index contributed by atoms with van der Waals surface area (Å²) in [6.07, 6.45) is -0.523. The SMILES string of the molecule is CC1(C)COC(=O)N[C@@H]1c1c(O)cc(Cl)cc1Cl. The van der Waals surface area contributed by atoms with Crippen LogP contribution in [0.5, 0.6) is 5.75 Å². The van der Waals surface area contributed by atoms with E-state index in [-0.39, 0.29) is 17.8 Å². The van der Waals surface area contributed by atoms with E-state index >= 15 is 0 Å². The van der Waals surface area contributed by atoms with Gasteiger partial charge in [0, 0.05) is 16.0 Å². The molecule has 1 amide bonds. The number of phenolic OH excluding ortho intramolecular Hbond substituents is 1. The number of ether oxygens (including phenoxy) is 1. The van der Waals surface area contributed by atoms with E-state index in [1.165, 1.54) is 12.1 Å². The van der Waals surface area contributed by atoms with Crippen molar-refractivity contribution in [3.63, 3.8) is 0 Å². The Bertz CT molecular complexity index is 479. The average Bonchev–Trinajstić information content (AvgIpc) is 2.22. The van der Waals surface area contributed by atoms with Crippen LogP contribution in [0.1, 0.15) is 25.5 Å². The van der Waals surface area contributed by atoms with E-state index < -0.39 is 12.1 Å². The van der Waals surface area contributed by atoms with Crippen molar-refractivity contribution in [1.82, 2.24) is 5.32 Å². The highest BCUT2D eigenvalue weighted by Gasteiger charge is 2.40. The van der Waals surface area contributed by atoms with Gasteiger partial charge in [-0.25, -0.2) is 4.79 Å². The molecule has 0 radical (unpaired) electrons. The summed E-state index contributed by atoms with van der Waals surface area (Å²) < 4.78 is 4.95. The number of rotatable bonds is 1. The third kappa shape index (κ3) is 2.35. The summed E-state index contributed by atoms with van der Waals surface area (Å²) in [6.45, 7) is 4.09. The van der Waals surface area contributed by atoms with Crippen molar-refractivity contribution in [2.45, 2.75) is 19.9 Å². The summed E-state index contributed by atoms with van der Waals surface area (Å²) in [4.78, 5) is 11.3. The van der Waals surface area contributed by atoms with E-state index in [0.717, 1.165) is 0 Å². The highest BCUT2D eigenvalue weighted by molar-refractivity contribution is 6.35. The van der Waals surface area contributed by atoms with Crippen LogP contribution in [0.25, 0.3) is 0 Å². The molecule has 6 heteroatoms. The molecular formula is C12H13Cl2NO3. The standard InChI is InChI=1S/C12H13Cl2NO3/c1-12(2)5-18-11(17)15-10(12)9-7(14)3-6(13)4-8(9)16/h3-4,10,16H,5H2,1-2H3,(H,15,17)/t10-/m1/s1. The number of amides is 1. The third-order valence-corrected chi connectivity index (χ3v) is 3.51. The minimum Gasteiger partial charge on any atom is -0.507 e. The number of nitrogens with one attached hydrogen (secondary N) is 1. The second-order valence-electron chi connectivity index (χ2n) is 4.96. The largest absolute Gasteiger partial charge is 0.507 e. The first-order valence-corrected chi connectivity index (χ1v) is 6.18. The van der Waals surface area contributed by atoms with Crippen LogP contribution in [0.15, 0.2) is 12.1 Å². The Morgan fingerprint density at radius 2 is 2.11 bits per heavy atom. The predicted octanol–water partition coefficient (Wildman–Crippen LogP) is 3.51. The van der Waals surface area contributed by atoms with Crippen LogP contribution < -0.4 is 5.32 Å². The van der Waals surface area contributed by atoms with Gasteiger partial charge in [-0.3, -0.25) is 0 Å². The molecule has 0 saturated carbocycles. The highest BCUT2D eigenvalue weighted by atomic mass is 35.5. The van der Waals surface area contributed by atoms with Crippen molar-refractivity contribution in [1.29, 1.82) is 0 Å². The average molecular weight is 290 g/mol. The zero-order valence-corrected chi connectivity index (χ0v) is 11.5. The number of halogens is 2. The molecular weight excluding hydrogens is 277 g/mol. The fraction of sp³-hybridized carbons (Fsp3) is 0.417. The number of benzene rings is 1. The van der Waals surface area contributed by atoms with Crippen molar-refractivity contribution in [3.8, 4) is 5.75 Å². The molecule has 2 N–H and O–H groups in total. The van der Waals surface area contributed by atoms with Crippen molar-refractivity contribution in [2.24, 2.45) is 5.41 Å². The molecule has 0 aliphatic carbocycles. The molecule has 98 valence electrons. The normalized spacial score (nSPS) is 22.2. The Hall–Kier alpha value is -1.13. The summed E-state index contributed by atoms with van der Waals surface area (Å²) >= 11 is 11.9. The lowest BCUT2D eigenvalue weighted by molar-refractivity contribution is 0.0381. The van der Waals surface area contributed by atoms with Gasteiger partial charge in [-0.05, 0) is 12.1 Å². The van der Waals surface area contributed by atoms with Crippen LogP contribution in [-0.2, 0) is 4.74 Å². The lowest BCUT2D eigenvalue weighted by Gasteiger charge is -2.39. The fourth-order valence-corrected chi connectivity index (χ4v) is 2.60. The van der Waals surface area contributed by atoms with Gasteiger partial charge < -0.3 is 15.2 Å². The molecule has 1 saturated heterocycles. The van der Waals surface area contributed by atoms with Crippen LogP contribution in [0.2, 0.25) is 10.0 Å². The quantitative estimate of drug-likeness (QED) is 0.832. The van der Waals surface area contributed by atoms with Crippen molar-refractivity contribution < 1.29 is 14.6 Å². The molecule has 1 aliphatic rings. The summed E-state index contributed by atoms with van der Waals surface area (Å²) in [5.41, 5.74) is 0.0748. The second kappa shape index (κ2) is 4.52. The molecule has 0 spiro atoms. The second-order valence-corrected chi connectivity index (χ2v) is 5.81. The molecule has 1 atom stereocenters. The van der Waals surface area contributed by atoms with E-state index in [1.54, 1.807) is 0 Å². The monoisotopic (exact) mass is 289 g/mol. The Morgan fingerprint density at radius 1 is 1.44 bits per heavy atom. The Labute approximate surface area is 115 Å². The number of cyclic esters (lactones) is 1. The lowest BCUT2D eigenvalue weighted by atomic mass is 9.80. The Balaban J connectivity index is 2.49. The summed E-state index contributed by atoms with van der Waals surface area (Å²) in [5, 5.41) is 13.3. The number of carbonyl (C=O) groups is 1. The maximum absolute atomic E-state index is 11.3. The minimum absolute atomic E-state index is 0.0345. The van der Waals surface area contributed by atoms with E-state index in [9.17, 15) is 9.90 Å². The zero-order chi connectivity index (χ0) is 13.5. The molecule has 1 fully saturated rings. The van der Waals surface area contributed by atoms with E-state index in [0.29, 0.717) is 15.6 Å². The molecule has 1 heterocycles. The molecule has 1 aromatic rings. The van der Waals surface area contributed by atoms with Crippen LogP contribution in [0, 0.1) is 5.41 Å². The van der Waals surface area contributed by atoms with E-state index in [4.69, 9.17) is 27.9 Å². The fourth-order valence-electron chi connectivity index (χ4n) is 2.01.